The van der Waals surface area contributed by atoms with Gasteiger partial charge in [0.05, 0.1) is 11.4 Å². The van der Waals surface area contributed by atoms with E-state index in [2.05, 4.69) is 110 Å². The maximum absolute atomic E-state index is 5.10. The lowest BCUT2D eigenvalue weighted by molar-refractivity contribution is 0.510. The highest BCUT2D eigenvalue weighted by Crippen LogP contribution is 2.25. The van der Waals surface area contributed by atoms with Crippen LogP contribution in [0.3, 0.4) is 0 Å². The molecule has 1 rings (SSSR count). The van der Waals surface area contributed by atoms with E-state index in [-0.39, 0.29) is 5.41 Å². The molecule has 0 aliphatic heterocycles. The summed E-state index contributed by atoms with van der Waals surface area (Å²) in [6.07, 6.45) is 16.1. The Balaban J connectivity index is -0.00000162. The van der Waals surface area contributed by atoms with Gasteiger partial charge in [0.1, 0.15) is 0 Å². The quantitative estimate of drug-likeness (QED) is 0.158. The Bertz CT molecular complexity index is 1040. The molecule has 230 valence electrons. The Morgan fingerprint density at radius 1 is 0.829 bits per heavy atom. The zero-order valence-corrected chi connectivity index (χ0v) is 29.6. The minimum atomic E-state index is 0.131. The molecule has 0 N–H and O–H groups in total. The zero-order valence-electron chi connectivity index (χ0n) is 29.6. The first-order chi connectivity index (χ1) is 19.3. The fourth-order valence-corrected chi connectivity index (χ4v) is 3.23. The highest BCUT2D eigenvalue weighted by Gasteiger charge is 2.15. The SMILES string of the molecule is C/C=C\C.C=C(C)/C=C/C=C(/N=C(CC)c1ccc(C(C)(C)C)cc1)C(=C)N(C)/C(=C/C=C(C)C)CC.CC.CC. The van der Waals surface area contributed by atoms with Crippen molar-refractivity contribution in [1.29, 1.82) is 0 Å². The number of hydrogen-bond acceptors (Lipinski definition) is 2. The summed E-state index contributed by atoms with van der Waals surface area (Å²) >= 11 is 0. The van der Waals surface area contributed by atoms with Crippen LogP contribution in [0.4, 0.5) is 0 Å². The number of hydrogen-bond donors (Lipinski definition) is 0. The summed E-state index contributed by atoms with van der Waals surface area (Å²) < 4.78 is 0. The molecule has 0 amide bonds. The minimum absolute atomic E-state index is 0.131. The first-order valence-electron chi connectivity index (χ1n) is 15.4. The number of nitrogens with zero attached hydrogens (tertiary/aromatic N) is 2. The van der Waals surface area contributed by atoms with Crippen LogP contribution in [0.5, 0.6) is 0 Å². The Labute approximate surface area is 256 Å². The summed E-state index contributed by atoms with van der Waals surface area (Å²) in [6, 6.07) is 8.79. The van der Waals surface area contributed by atoms with Crippen LogP contribution in [0.25, 0.3) is 0 Å². The number of rotatable bonds is 10. The number of benzene rings is 1. The van der Waals surface area contributed by atoms with Crippen LogP contribution < -0.4 is 0 Å². The van der Waals surface area contributed by atoms with Gasteiger partial charge < -0.3 is 4.90 Å². The van der Waals surface area contributed by atoms with Gasteiger partial charge in [-0.25, -0.2) is 0 Å². The van der Waals surface area contributed by atoms with Crippen molar-refractivity contribution in [2.45, 2.75) is 115 Å². The van der Waals surface area contributed by atoms with Gasteiger partial charge >= 0.3 is 0 Å². The molecular weight excluding hydrogens is 496 g/mol. The summed E-state index contributed by atoms with van der Waals surface area (Å²) in [4.78, 5) is 7.24. The van der Waals surface area contributed by atoms with Crippen molar-refractivity contribution in [3.63, 3.8) is 0 Å². The van der Waals surface area contributed by atoms with Gasteiger partial charge in [0.2, 0.25) is 0 Å². The lowest BCUT2D eigenvalue weighted by Crippen LogP contribution is -2.18. The summed E-state index contributed by atoms with van der Waals surface area (Å²) in [7, 11) is 2.06. The molecule has 1 aromatic rings. The van der Waals surface area contributed by atoms with Crippen molar-refractivity contribution in [2.75, 3.05) is 7.05 Å². The van der Waals surface area contributed by atoms with Crippen LogP contribution >= 0.6 is 0 Å². The van der Waals surface area contributed by atoms with Crippen molar-refractivity contribution in [1.82, 2.24) is 4.90 Å². The minimum Gasteiger partial charge on any atom is -0.347 e. The molecule has 0 fully saturated rings. The van der Waals surface area contributed by atoms with Gasteiger partial charge in [-0.3, -0.25) is 4.99 Å². The van der Waals surface area contributed by atoms with Gasteiger partial charge in [0, 0.05) is 18.5 Å². The smallest absolute Gasteiger partial charge is 0.0863 e. The summed E-state index contributed by atoms with van der Waals surface area (Å²) in [5, 5.41) is 0. The second-order valence-corrected chi connectivity index (χ2v) is 10.4. The molecule has 0 spiro atoms. The van der Waals surface area contributed by atoms with E-state index >= 15 is 0 Å². The lowest BCUT2D eigenvalue weighted by Gasteiger charge is -2.25. The van der Waals surface area contributed by atoms with Gasteiger partial charge in [0.15, 0.2) is 0 Å². The molecule has 41 heavy (non-hydrogen) atoms. The van der Waals surface area contributed by atoms with E-state index in [1.54, 1.807) is 0 Å². The lowest BCUT2D eigenvalue weighted by atomic mass is 9.86. The van der Waals surface area contributed by atoms with Gasteiger partial charge in [-0.05, 0) is 76.2 Å². The fraction of sp³-hybridized carbons (Fsp3) is 0.462. The molecule has 0 saturated carbocycles. The molecule has 1 aromatic carbocycles. The normalized spacial score (nSPS) is 11.9. The second-order valence-electron chi connectivity index (χ2n) is 10.4. The number of allylic oxidation sites excluding steroid dienone is 10. The molecule has 0 radical (unpaired) electrons. The van der Waals surface area contributed by atoms with Crippen molar-refractivity contribution < 1.29 is 0 Å². The summed E-state index contributed by atoms with van der Waals surface area (Å²) in [6.45, 7) is 37.6. The topological polar surface area (TPSA) is 15.6 Å². The molecule has 0 bridgehead atoms. The number of aliphatic imine (C=N–C) groups is 1. The molecule has 0 aliphatic rings. The standard InChI is InChI=1S/C31H44N2.C4H8.2C2H6/c1-12-28(22-17-24(5)6)33(11)25(7)30(16-14-15-23(3)4)32-29(13-2)26-18-20-27(21-19-26)31(8,9)10;1-3-4-2;2*1-2/h14-22H,3,7,12-13H2,1-2,4-6,8-11H3;3-4H,1-2H3;2*1-2H3/b15-14+,28-22+,30-16+,32-29?;4-3-;;. The molecule has 2 nitrogen and oxygen atoms in total. The highest BCUT2D eigenvalue weighted by atomic mass is 15.1. The van der Waals surface area contributed by atoms with Gasteiger partial charge in [-0.1, -0.05) is 141 Å². The third-order valence-corrected chi connectivity index (χ3v) is 5.75. The largest absolute Gasteiger partial charge is 0.347 e. The predicted octanol–water partition coefficient (Wildman–Crippen LogP) is 12.5. The van der Waals surface area contributed by atoms with Crippen molar-refractivity contribution in [3.8, 4) is 0 Å². The maximum atomic E-state index is 5.10. The summed E-state index contributed by atoms with van der Waals surface area (Å²) in [5.41, 5.74) is 8.83. The van der Waals surface area contributed by atoms with Gasteiger partial charge in [-0.15, -0.1) is 0 Å². The van der Waals surface area contributed by atoms with Crippen LogP contribution in [0.15, 0.2) is 113 Å². The molecule has 0 atom stereocenters. The Kier molecular flexibility index (Phi) is 25.5. The Morgan fingerprint density at radius 3 is 1.71 bits per heavy atom. The molecule has 0 aromatic heterocycles. The van der Waals surface area contributed by atoms with Crippen LogP contribution in [0.2, 0.25) is 0 Å². The van der Waals surface area contributed by atoms with E-state index in [0.717, 1.165) is 41.1 Å². The van der Waals surface area contributed by atoms with Crippen molar-refractivity contribution >= 4 is 5.71 Å². The van der Waals surface area contributed by atoms with Crippen LogP contribution in [0.1, 0.15) is 121 Å². The van der Waals surface area contributed by atoms with E-state index < -0.39 is 0 Å². The molecular formula is C39H64N2. The first kappa shape index (κ1) is 42.3. The van der Waals surface area contributed by atoms with Gasteiger partial charge in [-0.2, -0.15) is 0 Å². The second kappa shape index (κ2) is 24.6. The molecule has 0 heterocycles. The Morgan fingerprint density at radius 2 is 1.34 bits per heavy atom. The fourth-order valence-electron chi connectivity index (χ4n) is 3.23. The monoisotopic (exact) mass is 561 g/mol. The van der Waals surface area contributed by atoms with E-state index in [4.69, 9.17) is 4.99 Å². The average molecular weight is 561 g/mol. The zero-order chi connectivity index (χ0) is 32.6. The van der Waals surface area contributed by atoms with E-state index in [9.17, 15) is 0 Å². The molecule has 0 aliphatic carbocycles. The van der Waals surface area contributed by atoms with Crippen molar-refractivity contribution in [2.24, 2.45) is 4.99 Å². The third kappa shape index (κ3) is 18.8. The van der Waals surface area contributed by atoms with Crippen LogP contribution in [-0.4, -0.2) is 17.7 Å². The average Bonchev–Trinajstić information content (AvgIpc) is 2.96. The van der Waals surface area contributed by atoms with E-state index in [1.807, 2.05) is 78.8 Å². The van der Waals surface area contributed by atoms with Crippen LogP contribution in [0, 0.1) is 0 Å². The first-order valence-corrected chi connectivity index (χ1v) is 15.4. The molecule has 0 unspecified atom stereocenters. The van der Waals surface area contributed by atoms with Crippen LogP contribution in [-0.2, 0) is 5.41 Å². The molecule has 0 saturated heterocycles. The number of likely N-dealkylation sites (N-methyl/N-ethyl adjacent to an activating group) is 1. The Hall–Kier alpha value is -3.13. The highest BCUT2D eigenvalue weighted by molar-refractivity contribution is 6.01. The van der Waals surface area contributed by atoms with E-state index in [0.29, 0.717) is 0 Å². The predicted molar refractivity (Wildman–Crippen MR) is 192 cm³/mol. The van der Waals surface area contributed by atoms with E-state index in [1.165, 1.54) is 16.8 Å². The third-order valence-electron chi connectivity index (χ3n) is 5.75. The molecule has 2 heteroatoms. The maximum Gasteiger partial charge on any atom is 0.0863 e. The van der Waals surface area contributed by atoms with Gasteiger partial charge in [0.25, 0.3) is 0 Å². The summed E-state index contributed by atoms with van der Waals surface area (Å²) in [5.74, 6) is 0. The van der Waals surface area contributed by atoms with Crippen molar-refractivity contribution in [3.05, 3.63) is 119 Å².